The number of fused-ring (bicyclic) bond motifs is 3. The van der Waals surface area contributed by atoms with Crippen molar-refractivity contribution in [2.24, 2.45) is 0 Å². The molecule has 0 radical (unpaired) electrons. The molecule has 2 aromatic heterocycles. The Morgan fingerprint density at radius 2 is 1.90 bits per heavy atom. The molecular weight excluding hydrogens is 380 g/mol. The number of anilines is 1. The van der Waals surface area contributed by atoms with Gasteiger partial charge in [-0.2, -0.15) is 10.1 Å². The van der Waals surface area contributed by atoms with Gasteiger partial charge in [0.25, 0.3) is 0 Å². The van der Waals surface area contributed by atoms with E-state index in [-0.39, 0.29) is 12.1 Å². The highest BCUT2D eigenvalue weighted by Gasteiger charge is 2.41. The van der Waals surface area contributed by atoms with E-state index in [1.807, 2.05) is 22.9 Å². The second-order valence-corrected chi connectivity index (χ2v) is 8.23. The van der Waals surface area contributed by atoms with Gasteiger partial charge in [-0.1, -0.05) is 42.5 Å². The molecule has 0 fully saturated rings. The molecular formula is C23H18N4OS. The fourth-order valence-corrected chi connectivity index (χ4v) is 5.06. The number of rotatable bonds is 2. The maximum atomic E-state index is 6.58. The van der Waals surface area contributed by atoms with Crippen LogP contribution in [0.4, 0.5) is 5.95 Å². The molecule has 142 valence electrons. The molecule has 0 saturated carbocycles. The van der Waals surface area contributed by atoms with Crippen LogP contribution < -0.4 is 10.1 Å². The highest BCUT2D eigenvalue weighted by Crippen LogP contribution is 2.51. The number of ether oxygens (including phenoxy) is 1. The predicted octanol–water partition coefficient (Wildman–Crippen LogP) is 5.21. The maximum Gasteiger partial charge on any atom is 0.226 e. The van der Waals surface area contributed by atoms with Crippen LogP contribution in [-0.4, -0.2) is 14.8 Å². The molecule has 1 N–H and O–H groups in total. The van der Waals surface area contributed by atoms with Gasteiger partial charge in [0.1, 0.15) is 18.1 Å². The third kappa shape index (κ3) is 2.46. The minimum Gasteiger partial charge on any atom is -0.480 e. The van der Waals surface area contributed by atoms with Crippen LogP contribution in [0, 0.1) is 6.92 Å². The molecule has 0 unspecified atom stereocenters. The van der Waals surface area contributed by atoms with Gasteiger partial charge in [-0.3, -0.25) is 0 Å². The van der Waals surface area contributed by atoms with E-state index in [1.165, 1.54) is 21.6 Å². The smallest absolute Gasteiger partial charge is 0.226 e. The average Bonchev–Trinajstić information content (AvgIpc) is 3.44. The van der Waals surface area contributed by atoms with Gasteiger partial charge >= 0.3 is 0 Å². The molecule has 0 amide bonds. The van der Waals surface area contributed by atoms with Gasteiger partial charge in [0.15, 0.2) is 6.10 Å². The lowest BCUT2D eigenvalue weighted by Crippen LogP contribution is -2.32. The molecule has 5 nitrogen and oxygen atoms in total. The lowest BCUT2D eigenvalue weighted by atomic mass is 9.85. The van der Waals surface area contributed by atoms with Crippen LogP contribution >= 0.6 is 11.3 Å². The monoisotopic (exact) mass is 398 g/mol. The van der Waals surface area contributed by atoms with E-state index in [0.29, 0.717) is 0 Å². The van der Waals surface area contributed by atoms with E-state index in [0.717, 1.165) is 23.0 Å². The Morgan fingerprint density at radius 1 is 1.03 bits per heavy atom. The van der Waals surface area contributed by atoms with Crippen LogP contribution in [0.3, 0.4) is 0 Å². The molecule has 6 heteroatoms. The Balaban J connectivity index is 1.66. The Hall–Kier alpha value is -3.38. The zero-order chi connectivity index (χ0) is 19.4. The van der Waals surface area contributed by atoms with E-state index in [2.05, 4.69) is 70.2 Å². The van der Waals surface area contributed by atoms with Gasteiger partial charge in [-0.05, 0) is 41.6 Å². The second-order valence-electron chi connectivity index (χ2n) is 7.25. The van der Waals surface area contributed by atoms with Crippen LogP contribution in [0.15, 0.2) is 77.9 Å². The van der Waals surface area contributed by atoms with Crippen molar-refractivity contribution in [1.82, 2.24) is 14.8 Å². The fourth-order valence-electron chi connectivity index (χ4n) is 4.29. The number of thiophene rings is 1. The summed E-state index contributed by atoms with van der Waals surface area (Å²) in [6, 6.07) is 20.8. The summed E-state index contributed by atoms with van der Waals surface area (Å²) in [4.78, 5) is 5.66. The lowest BCUT2D eigenvalue weighted by molar-refractivity contribution is 0.226. The number of aryl methyl sites for hydroxylation is 1. The molecule has 4 heterocycles. The number of hydrogen-bond donors (Lipinski definition) is 1. The standard InChI is InChI=1S/C23H18N4OS/c1-14-7-2-3-8-15(14)21-19-20(26-23-24-13-25-27(21)23)16-9-4-5-10-17(16)28-22(19)18-11-6-12-29-18/h2-13,21-22H,1H3,(H,24,25,26)/t21-,22-/m1/s1. The van der Waals surface area contributed by atoms with Gasteiger partial charge in [-0.25, -0.2) is 4.68 Å². The van der Waals surface area contributed by atoms with Crippen molar-refractivity contribution in [2.75, 3.05) is 5.32 Å². The average molecular weight is 398 g/mol. The molecule has 0 aliphatic carbocycles. The van der Waals surface area contributed by atoms with Crippen molar-refractivity contribution in [3.8, 4) is 5.75 Å². The van der Waals surface area contributed by atoms with E-state index in [4.69, 9.17) is 4.74 Å². The van der Waals surface area contributed by atoms with Crippen LogP contribution in [0.25, 0.3) is 5.70 Å². The van der Waals surface area contributed by atoms with Gasteiger partial charge in [-0.15, -0.1) is 11.3 Å². The number of benzene rings is 2. The van der Waals surface area contributed by atoms with Gasteiger partial charge in [0.2, 0.25) is 5.95 Å². The lowest BCUT2D eigenvalue weighted by Gasteiger charge is -2.38. The highest BCUT2D eigenvalue weighted by atomic mass is 32.1. The molecule has 0 saturated heterocycles. The number of aromatic nitrogens is 3. The molecule has 2 aliphatic heterocycles. The first-order valence-corrected chi connectivity index (χ1v) is 10.4. The van der Waals surface area contributed by atoms with Crippen molar-refractivity contribution in [3.63, 3.8) is 0 Å². The van der Waals surface area contributed by atoms with E-state index in [9.17, 15) is 0 Å². The maximum absolute atomic E-state index is 6.58. The van der Waals surface area contributed by atoms with Crippen molar-refractivity contribution in [1.29, 1.82) is 0 Å². The van der Waals surface area contributed by atoms with Crippen molar-refractivity contribution in [2.45, 2.75) is 19.1 Å². The topological polar surface area (TPSA) is 52.0 Å². The van der Waals surface area contributed by atoms with Gasteiger partial charge in [0, 0.05) is 16.0 Å². The van der Waals surface area contributed by atoms with Gasteiger partial charge < -0.3 is 10.1 Å². The molecule has 2 atom stereocenters. The summed E-state index contributed by atoms with van der Waals surface area (Å²) in [5.74, 6) is 1.63. The van der Waals surface area contributed by atoms with Crippen LogP contribution in [0.2, 0.25) is 0 Å². The first-order chi connectivity index (χ1) is 14.3. The Labute approximate surface area is 172 Å². The molecule has 2 aromatic carbocycles. The minimum atomic E-state index is -0.186. The van der Waals surface area contributed by atoms with Crippen LogP contribution in [-0.2, 0) is 0 Å². The van der Waals surface area contributed by atoms with E-state index in [1.54, 1.807) is 17.7 Å². The van der Waals surface area contributed by atoms with Gasteiger partial charge in [0.05, 0.1) is 5.70 Å². The summed E-state index contributed by atoms with van der Waals surface area (Å²) in [7, 11) is 0. The molecule has 4 aromatic rings. The Bertz CT molecular complexity index is 1240. The third-order valence-corrected chi connectivity index (χ3v) is 6.52. The molecule has 0 bridgehead atoms. The Morgan fingerprint density at radius 3 is 2.76 bits per heavy atom. The first-order valence-electron chi connectivity index (χ1n) is 9.57. The summed E-state index contributed by atoms with van der Waals surface area (Å²) in [5, 5.41) is 10.2. The SMILES string of the molecule is Cc1ccccc1[C@@H]1C2=C(Nc3ncnn31)c1ccccc1O[C@@H]2c1cccs1. The number of hydrogen-bond acceptors (Lipinski definition) is 5. The largest absolute Gasteiger partial charge is 0.480 e. The number of nitrogens with one attached hydrogen (secondary N) is 1. The Kier molecular flexibility index (Phi) is 3.61. The second kappa shape index (κ2) is 6.32. The normalized spacial score (nSPS) is 19.6. The summed E-state index contributed by atoms with van der Waals surface area (Å²) < 4.78 is 8.55. The summed E-state index contributed by atoms with van der Waals surface area (Å²) in [6.07, 6.45) is 1.42. The molecule has 2 aliphatic rings. The number of para-hydroxylation sites is 1. The zero-order valence-corrected chi connectivity index (χ0v) is 16.6. The van der Waals surface area contributed by atoms with Crippen LogP contribution in [0.5, 0.6) is 5.75 Å². The quantitative estimate of drug-likeness (QED) is 0.504. The predicted molar refractivity (Wildman–Crippen MR) is 114 cm³/mol. The highest BCUT2D eigenvalue weighted by molar-refractivity contribution is 7.10. The minimum absolute atomic E-state index is 0.0922. The summed E-state index contributed by atoms with van der Waals surface area (Å²) in [6.45, 7) is 2.14. The van der Waals surface area contributed by atoms with E-state index >= 15 is 0 Å². The van der Waals surface area contributed by atoms with Crippen LogP contribution in [0.1, 0.15) is 33.7 Å². The zero-order valence-electron chi connectivity index (χ0n) is 15.7. The van der Waals surface area contributed by atoms with Crippen molar-refractivity contribution < 1.29 is 4.74 Å². The fraction of sp³-hybridized carbons (Fsp3) is 0.130. The number of nitrogens with zero attached hydrogens (tertiary/aromatic N) is 3. The molecule has 6 rings (SSSR count). The summed E-state index contributed by atoms with van der Waals surface area (Å²) in [5.41, 5.74) is 5.72. The molecule has 29 heavy (non-hydrogen) atoms. The third-order valence-electron chi connectivity index (χ3n) is 5.61. The summed E-state index contributed by atoms with van der Waals surface area (Å²) >= 11 is 1.71. The van der Waals surface area contributed by atoms with E-state index < -0.39 is 0 Å². The van der Waals surface area contributed by atoms with Crippen molar-refractivity contribution in [3.05, 3.63) is 99.5 Å². The first kappa shape index (κ1) is 16.6. The van der Waals surface area contributed by atoms with Crippen molar-refractivity contribution >= 4 is 23.0 Å². The molecule has 0 spiro atoms.